The number of nitrogens with one attached hydrogen (secondary N) is 4. The summed E-state index contributed by atoms with van der Waals surface area (Å²) in [6.07, 6.45) is 12.7. The Morgan fingerprint density at radius 3 is 2.44 bits per heavy atom. The van der Waals surface area contributed by atoms with Gasteiger partial charge in [-0.3, -0.25) is 9.59 Å². The van der Waals surface area contributed by atoms with Crippen molar-refractivity contribution in [2.75, 3.05) is 25.9 Å². The van der Waals surface area contributed by atoms with E-state index in [1.807, 2.05) is 48.2 Å². The second-order valence-electron chi connectivity index (χ2n) is 13.1. The molecular formula is C36H46Cl2N9O5PS2. The van der Waals surface area contributed by atoms with Crippen molar-refractivity contribution >= 4 is 75.0 Å². The van der Waals surface area contributed by atoms with E-state index in [-0.39, 0.29) is 36.5 Å². The molecule has 5 rings (SSSR count). The number of rotatable bonds is 22. The SMILES string of the molecule is CN(/N=C/c1ccc(OC=COc2ccc(CCNC(=O)Cn3cc(CCCCNC(=O)CCCCC4SCC5NC(=O)NC54)nn3)cc2)cc1)P(=S)(Cl)Cl. The molecular weight excluding hydrogens is 804 g/mol. The van der Waals surface area contributed by atoms with E-state index >= 15 is 0 Å². The molecule has 3 unspecified atom stereocenters. The van der Waals surface area contributed by atoms with E-state index in [9.17, 15) is 14.4 Å². The second kappa shape index (κ2) is 21.5. The summed E-state index contributed by atoms with van der Waals surface area (Å²) >= 11 is 18.8. The summed E-state index contributed by atoms with van der Waals surface area (Å²) < 4.78 is 14.1. The molecule has 3 aromatic rings. The Bertz CT molecular complexity index is 1830. The van der Waals surface area contributed by atoms with Crippen LogP contribution < -0.4 is 30.7 Å². The molecule has 4 amide bonds. The summed E-state index contributed by atoms with van der Waals surface area (Å²) in [6.45, 7) is 1.19. The fourth-order valence-corrected chi connectivity index (χ4v) is 7.97. The number of carbonyl (C=O) groups is 3. The van der Waals surface area contributed by atoms with Gasteiger partial charge in [0.25, 0.3) is 0 Å². The van der Waals surface area contributed by atoms with Gasteiger partial charge >= 0.3 is 6.03 Å². The minimum atomic E-state index is -2.65. The van der Waals surface area contributed by atoms with Gasteiger partial charge in [0.2, 0.25) is 16.7 Å². The lowest BCUT2D eigenvalue weighted by molar-refractivity contribution is -0.122. The van der Waals surface area contributed by atoms with Crippen molar-refractivity contribution in [2.24, 2.45) is 5.10 Å². The number of carbonyl (C=O) groups excluding carboxylic acids is 3. The molecule has 2 aromatic carbocycles. The third-order valence-corrected chi connectivity index (χ3v) is 13.2. The maximum Gasteiger partial charge on any atom is 0.315 e. The quantitative estimate of drug-likeness (QED) is 0.0247. The van der Waals surface area contributed by atoms with Gasteiger partial charge < -0.3 is 30.7 Å². The van der Waals surface area contributed by atoms with Gasteiger partial charge in [-0.2, -0.15) is 16.9 Å². The molecule has 4 N–H and O–H groups in total. The predicted molar refractivity (Wildman–Crippen MR) is 221 cm³/mol. The van der Waals surface area contributed by atoms with Gasteiger partial charge in [0.05, 0.1) is 24.0 Å². The number of fused-ring (bicyclic) bond motifs is 1. The van der Waals surface area contributed by atoms with Crippen LogP contribution in [0.15, 0.2) is 72.4 Å². The highest BCUT2D eigenvalue weighted by molar-refractivity contribution is 8.37. The average molecular weight is 851 g/mol. The number of halogens is 2. The van der Waals surface area contributed by atoms with E-state index in [4.69, 9.17) is 43.8 Å². The Labute approximate surface area is 340 Å². The highest BCUT2D eigenvalue weighted by Crippen LogP contribution is 2.59. The summed E-state index contributed by atoms with van der Waals surface area (Å²) in [5.41, 5.74) is 2.70. The first-order valence-corrected chi connectivity index (χ1v) is 23.7. The maximum atomic E-state index is 12.5. The number of benzene rings is 2. The lowest BCUT2D eigenvalue weighted by atomic mass is 10.0. The second-order valence-corrected chi connectivity index (χ2v) is 22.0. The van der Waals surface area contributed by atoms with Crippen molar-refractivity contribution < 1.29 is 23.9 Å². The Morgan fingerprint density at radius 2 is 1.71 bits per heavy atom. The average Bonchev–Trinajstić information content (AvgIpc) is 3.87. The summed E-state index contributed by atoms with van der Waals surface area (Å²) in [5.74, 6) is 2.15. The minimum Gasteiger partial charge on any atom is -0.462 e. The van der Waals surface area contributed by atoms with E-state index < -0.39 is 4.89 Å². The molecule has 0 bridgehead atoms. The minimum absolute atomic E-state index is 0.0657. The number of hydrogen-bond acceptors (Lipinski definition) is 10. The van der Waals surface area contributed by atoms with Crippen LogP contribution in [0.1, 0.15) is 55.3 Å². The number of ether oxygens (including phenoxy) is 2. The lowest BCUT2D eigenvalue weighted by Gasteiger charge is -2.16. The third kappa shape index (κ3) is 14.6. The van der Waals surface area contributed by atoms with Crippen molar-refractivity contribution in [2.45, 2.75) is 75.2 Å². The lowest BCUT2D eigenvalue weighted by Crippen LogP contribution is -2.36. The van der Waals surface area contributed by atoms with Crippen LogP contribution in [0.3, 0.4) is 0 Å². The van der Waals surface area contributed by atoms with Crippen molar-refractivity contribution in [1.29, 1.82) is 0 Å². The molecule has 1 aromatic heterocycles. The van der Waals surface area contributed by atoms with Gasteiger partial charge in [-0.15, -0.1) is 5.10 Å². The fourth-order valence-electron chi connectivity index (χ4n) is 5.89. The number of thioether (sulfide) groups is 1. The fraction of sp³-hybridized carbons (Fsp3) is 0.444. The van der Waals surface area contributed by atoms with Gasteiger partial charge in [0.1, 0.15) is 30.6 Å². The smallest absolute Gasteiger partial charge is 0.315 e. The highest BCUT2D eigenvalue weighted by Gasteiger charge is 2.42. The molecule has 55 heavy (non-hydrogen) atoms. The van der Waals surface area contributed by atoms with Crippen LogP contribution in [0.25, 0.3) is 0 Å². The molecule has 19 heteroatoms. The van der Waals surface area contributed by atoms with Crippen LogP contribution in [0.2, 0.25) is 0 Å². The number of urea groups is 1. The van der Waals surface area contributed by atoms with E-state index in [0.29, 0.717) is 42.7 Å². The largest absolute Gasteiger partial charge is 0.462 e. The first-order chi connectivity index (χ1) is 26.5. The van der Waals surface area contributed by atoms with Crippen molar-refractivity contribution in [3.63, 3.8) is 0 Å². The summed E-state index contributed by atoms with van der Waals surface area (Å²) in [7, 11) is 1.63. The van der Waals surface area contributed by atoms with Crippen LogP contribution in [0, 0.1) is 0 Å². The zero-order chi connectivity index (χ0) is 39.0. The topological polar surface area (TPSA) is 164 Å². The third-order valence-electron chi connectivity index (χ3n) is 8.87. The molecule has 0 saturated carbocycles. The number of aromatic nitrogens is 3. The van der Waals surface area contributed by atoms with Crippen LogP contribution in [0.4, 0.5) is 4.79 Å². The predicted octanol–water partition coefficient (Wildman–Crippen LogP) is 5.70. The molecule has 2 aliphatic rings. The summed E-state index contributed by atoms with van der Waals surface area (Å²) in [6, 6.07) is 15.2. The molecule has 2 saturated heterocycles. The molecule has 0 radical (unpaired) electrons. The number of unbranched alkanes of at least 4 members (excludes halogenated alkanes) is 2. The zero-order valence-electron chi connectivity index (χ0n) is 30.4. The first kappa shape index (κ1) is 42.3. The Hall–Kier alpha value is -3.82. The van der Waals surface area contributed by atoms with Gasteiger partial charge in [0, 0.05) is 43.8 Å². The standard InChI is InChI=1S/C36H46Cl2N9O5PS2/c1-46(53(37,38)54)41-22-27-11-15-30(16-12-27)52-21-20-51-29-13-9-26(10-14-29)17-19-40-34(49)24-47-23-28(44-45-47)6-4-5-18-39-33(48)8-3-2-7-32-35-31(25-55-32)42-36(50)43-35/h9-16,20-23,31-32,35H,2-8,17-19,24-25H2,1H3,(H,39,48)(H,40,49)(H2,42,43,50)/b21-20?,41-22+. The summed E-state index contributed by atoms with van der Waals surface area (Å²) in [5, 5.41) is 24.8. The maximum absolute atomic E-state index is 12.5. The van der Waals surface area contributed by atoms with Crippen LogP contribution in [0.5, 0.6) is 11.5 Å². The monoisotopic (exact) mass is 849 g/mol. The number of amides is 4. The molecule has 0 aliphatic carbocycles. The van der Waals surface area contributed by atoms with E-state index in [1.54, 1.807) is 36.3 Å². The molecule has 2 fully saturated rings. The molecule has 3 atom stereocenters. The molecule has 14 nitrogen and oxygen atoms in total. The Balaban J connectivity index is 0.872. The van der Waals surface area contributed by atoms with E-state index in [0.717, 1.165) is 61.1 Å². The van der Waals surface area contributed by atoms with E-state index in [2.05, 4.69) is 36.7 Å². The number of hydrogen-bond donors (Lipinski definition) is 4. The molecule has 2 aliphatic heterocycles. The Kier molecular flexibility index (Phi) is 16.5. The van der Waals surface area contributed by atoms with Gasteiger partial charge in [-0.05, 0) is 120 Å². The van der Waals surface area contributed by atoms with Crippen molar-refractivity contribution in [1.82, 2.24) is 41.0 Å². The number of aryl methyl sites for hydroxylation is 1. The van der Waals surface area contributed by atoms with Crippen LogP contribution >= 0.6 is 39.1 Å². The zero-order valence-corrected chi connectivity index (χ0v) is 34.5. The Morgan fingerprint density at radius 1 is 1.00 bits per heavy atom. The molecule has 0 spiro atoms. The van der Waals surface area contributed by atoms with Gasteiger partial charge in [-0.1, -0.05) is 23.8 Å². The summed E-state index contributed by atoms with van der Waals surface area (Å²) in [4.78, 5) is 33.6. The van der Waals surface area contributed by atoms with Crippen LogP contribution in [-0.4, -0.2) is 87.1 Å². The van der Waals surface area contributed by atoms with Gasteiger partial charge in [-0.25, -0.2) is 14.3 Å². The van der Waals surface area contributed by atoms with Crippen LogP contribution in [-0.2, 0) is 40.8 Å². The van der Waals surface area contributed by atoms with Crippen molar-refractivity contribution in [3.05, 3.63) is 84.1 Å². The highest BCUT2D eigenvalue weighted by atomic mass is 35.9. The molecule has 296 valence electrons. The normalized spacial score (nSPS) is 17.9. The van der Waals surface area contributed by atoms with E-state index in [1.165, 1.54) is 17.3 Å². The number of nitrogens with zero attached hydrogens (tertiary/aromatic N) is 5. The van der Waals surface area contributed by atoms with Crippen molar-refractivity contribution in [3.8, 4) is 11.5 Å². The number of hydrazone groups is 1. The van der Waals surface area contributed by atoms with Gasteiger partial charge in [0.15, 0.2) is 0 Å². The molecule has 3 heterocycles. The first-order valence-electron chi connectivity index (χ1n) is 18.1.